The lowest BCUT2D eigenvalue weighted by molar-refractivity contribution is 0.194. The molecule has 0 spiro atoms. The summed E-state index contributed by atoms with van der Waals surface area (Å²) in [6, 6.07) is 0. The zero-order valence-electron chi connectivity index (χ0n) is 8.65. The lowest BCUT2D eigenvalue weighted by Crippen LogP contribution is -2.17. The van der Waals surface area contributed by atoms with Gasteiger partial charge in [-0.25, -0.2) is 0 Å². The van der Waals surface area contributed by atoms with Crippen molar-refractivity contribution in [3.63, 3.8) is 0 Å². The average Bonchev–Trinajstić information content (AvgIpc) is 2.16. The van der Waals surface area contributed by atoms with Gasteiger partial charge < -0.3 is 10.1 Å². The van der Waals surface area contributed by atoms with Crippen LogP contribution in [0.2, 0.25) is 0 Å². The van der Waals surface area contributed by atoms with E-state index in [1.807, 2.05) is 0 Å². The minimum atomic E-state index is 0.877. The van der Waals surface area contributed by atoms with Crippen molar-refractivity contribution in [2.45, 2.75) is 32.1 Å². The fourth-order valence-corrected chi connectivity index (χ4v) is 1.70. The predicted octanol–water partition coefficient (Wildman–Crippen LogP) is 2.61. The van der Waals surface area contributed by atoms with E-state index in [2.05, 4.69) is 27.9 Å². The van der Waals surface area contributed by atoms with Crippen LogP contribution in [-0.2, 0) is 4.74 Å². The highest BCUT2D eigenvalue weighted by atomic mass is 127. The number of alkyl halides is 1. The normalized spacial score (nSPS) is 10.6. The van der Waals surface area contributed by atoms with Gasteiger partial charge in [0.15, 0.2) is 0 Å². The van der Waals surface area contributed by atoms with E-state index in [1.54, 1.807) is 7.11 Å². The van der Waals surface area contributed by atoms with E-state index < -0.39 is 0 Å². The number of hydrogen-bond donors (Lipinski definition) is 1. The van der Waals surface area contributed by atoms with Crippen LogP contribution >= 0.6 is 22.6 Å². The summed E-state index contributed by atoms with van der Waals surface area (Å²) in [4.78, 5) is 0. The molecule has 1 N–H and O–H groups in total. The first-order valence-electron chi connectivity index (χ1n) is 5.17. The van der Waals surface area contributed by atoms with Crippen molar-refractivity contribution in [3.05, 3.63) is 0 Å². The second kappa shape index (κ2) is 12.7. The molecule has 0 bridgehead atoms. The second-order valence-corrected chi connectivity index (χ2v) is 4.28. The van der Waals surface area contributed by atoms with Crippen LogP contribution in [0.25, 0.3) is 0 Å². The van der Waals surface area contributed by atoms with Crippen molar-refractivity contribution in [3.8, 4) is 0 Å². The number of methoxy groups -OCH3 is 1. The number of rotatable bonds is 10. The zero-order chi connectivity index (χ0) is 9.78. The molecule has 80 valence electrons. The van der Waals surface area contributed by atoms with Crippen LogP contribution in [-0.4, -0.2) is 31.2 Å². The van der Waals surface area contributed by atoms with Gasteiger partial charge in [-0.1, -0.05) is 35.4 Å². The number of nitrogens with one attached hydrogen (secondary N) is 1. The van der Waals surface area contributed by atoms with E-state index in [1.165, 1.54) is 36.7 Å². The highest BCUT2D eigenvalue weighted by Gasteiger charge is 1.89. The summed E-state index contributed by atoms with van der Waals surface area (Å²) >= 11 is 2.44. The summed E-state index contributed by atoms with van der Waals surface area (Å²) in [5.74, 6) is 0. The third-order valence-electron chi connectivity index (χ3n) is 1.94. The number of ether oxygens (including phenoxy) is 1. The van der Waals surface area contributed by atoms with Crippen LogP contribution in [0, 0.1) is 0 Å². The molecule has 0 heterocycles. The van der Waals surface area contributed by atoms with E-state index in [0.717, 1.165) is 19.6 Å². The molecule has 0 saturated carbocycles. The molecule has 0 aliphatic rings. The maximum Gasteiger partial charge on any atom is 0.0474 e. The topological polar surface area (TPSA) is 21.3 Å². The van der Waals surface area contributed by atoms with Gasteiger partial charge in [0, 0.05) is 13.7 Å². The van der Waals surface area contributed by atoms with Crippen LogP contribution in [0.1, 0.15) is 32.1 Å². The maximum atomic E-state index is 4.96. The summed E-state index contributed by atoms with van der Waals surface area (Å²) in [5.41, 5.74) is 0. The fourth-order valence-electron chi connectivity index (χ4n) is 1.16. The van der Waals surface area contributed by atoms with Gasteiger partial charge in [-0.05, 0) is 36.8 Å². The Balaban J connectivity index is 2.76. The molecule has 2 nitrogen and oxygen atoms in total. The Morgan fingerprint density at radius 2 is 1.69 bits per heavy atom. The molecular formula is C10H22INO. The lowest BCUT2D eigenvalue weighted by Gasteiger charge is -2.03. The van der Waals surface area contributed by atoms with E-state index in [4.69, 9.17) is 4.74 Å². The fraction of sp³-hybridized carbons (Fsp3) is 1.00. The maximum absolute atomic E-state index is 4.96. The van der Waals surface area contributed by atoms with Gasteiger partial charge in [-0.3, -0.25) is 0 Å². The number of hydrogen-bond acceptors (Lipinski definition) is 2. The minimum absolute atomic E-state index is 0.877. The van der Waals surface area contributed by atoms with Crippen LogP contribution in [0.3, 0.4) is 0 Å². The number of unbranched alkanes of at least 4 members (excludes halogenated alkanes) is 3. The summed E-state index contributed by atoms with van der Waals surface area (Å²) in [6.45, 7) is 3.15. The lowest BCUT2D eigenvalue weighted by atomic mass is 10.2. The van der Waals surface area contributed by atoms with Gasteiger partial charge in [0.2, 0.25) is 0 Å². The molecule has 0 aliphatic carbocycles. The first-order valence-corrected chi connectivity index (χ1v) is 6.70. The Kier molecular flexibility index (Phi) is 13.3. The molecule has 0 aromatic heterocycles. The van der Waals surface area contributed by atoms with Crippen molar-refractivity contribution in [2.75, 3.05) is 31.2 Å². The van der Waals surface area contributed by atoms with Crippen molar-refractivity contribution in [2.24, 2.45) is 0 Å². The van der Waals surface area contributed by atoms with E-state index in [9.17, 15) is 0 Å². The van der Waals surface area contributed by atoms with Crippen LogP contribution in [0.4, 0.5) is 0 Å². The van der Waals surface area contributed by atoms with Gasteiger partial charge in [-0.15, -0.1) is 0 Å². The SMILES string of the molecule is COCCCNCCCCCCI. The smallest absolute Gasteiger partial charge is 0.0474 e. The van der Waals surface area contributed by atoms with Gasteiger partial charge >= 0.3 is 0 Å². The first-order chi connectivity index (χ1) is 6.41. The Hall–Kier alpha value is 0.650. The molecular weight excluding hydrogens is 277 g/mol. The van der Waals surface area contributed by atoms with E-state index >= 15 is 0 Å². The molecule has 3 heteroatoms. The molecule has 0 aromatic carbocycles. The number of halogens is 1. The van der Waals surface area contributed by atoms with E-state index in [-0.39, 0.29) is 0 Å². The van der Waals surface area contributed by atoms with Crippen molar-refractivity contribution < 1.29 is 4.74 Å². The van der Waals surface area contributed by atoms with Crippen LogP contribution < -0.4 is 5.32 Å². The Morgan fingerprint density at radius 1 is 1.00 bits per heavy atom. The van der Waals surface area contributed by atoms with E-state index in [0.29, 0.717) is 0 Å². The standard InChI is InChI=1S/C10H22INO/c1-13-10-6-9-12-8-5-3-2-4-7-11/h12H,2-10H2,1H3. The quantitative estimate of drug-likeness (QED) is 0.380. The van der Waals surface area contributed by atoms with Crippen LogP contribution in [0.5, 0.6) is 0 Å². The largest absolute Gasteiger partial charge is 0.385 e. The first kappa shape index (κ1) is 13.7. The molecule has 0 aromatic rings. The van der Waals surface area contributed by atoms with Gasteiger partial charge in [0.25, 0.3) is 0 Å². The molecule has 0 unspecified atom stereocenters. The average molecular weight is 299 g/mol. The van der Waals surface area contributed by atoms with Gasteiger partial charge in [0.1, 0.15) is 0 Å². The zero-order valence-corrected chi connectivity index (χ0v) is 10.8. The summed E-state index contributed by atoms with van der Waals surface area (Å²) in [7, 11) is 1.75. The predicted molar refractivity (Wildman–Crippen MR) is 66.7 cm³/mol. The molecule has 0 aliphatic heterocycles. The van der Waals surface area contributed by atoms with Gasteiger partial charge in [-0.2, -0.15) is 0 Å². The highest BCUT2D eigenvalue weighted by Crippen LogP contribution is 2.01. The summed E-state index contributed by atoms with van der Waals surface area (Å²) in [6.07, 6.45) is 6.60. The Morgan fingerprint density at radius 3 is 2.38 bits per heavy atom. The Labute approximate surface area is 95.9 Å². The van der Waals surface area contributed by atoms with Crippen molar-refractivity contribution >= 4 is 22.6 Å². The minimum Gasteiger partial charge on any atom is -0.385 e. The third kappa shape index (κ3) is 12.6. The molecule has 0 saturated heterocycles. The molecule has 0 radical (unpaired) electrons. The summed E-state index contributed by atoms with van der Waals surface area (Å²) < 4.78 is 6.27. The molecule has 13 heavy (non-hydrogen) atoms. The van der Waals surface area contributed by atoms with Crippen molar-refractivity contribution in [1.29, 1.82) is 0 Å². The second-order valence-electron chi connectivity index (χ2n) is 3.20. The third-order valence-corrected chi connectivity index (χ3v) is 2.70. The molecule has 0 rings (SSSR count). The summed E-state index contributed by atoms with van der Waals surface area (Å²) in [5, 5.41) is 3.42. The molecule has 0 amide bonds. The van der Waals surface area contributed by atoms with Crippen LogP contribution in [0.15, 0.2) is 0 Å². The molecule has 0 fully saturated rings. The Bertz CT molecular complexity index is 81.0. The van der Waals surface area contributed by atoms with Crippen molar-refractivity contribution in [1.82, 2.24) is 5.32 Å². The molecule has 0 atom stereocenters. The van der Waals surface area contributed by atoms with Gasteiger partial charge in [0.05, 0.1) is 0 Å². The monoisotopic (exact) mass is 299 g/mol. The highest BCUT2D eigenvalue weighted by molar-refractivity contribution is 14.1.